The molecule has 0 heterocycles. The van der Waals surface area contributed by atoms with Gasteiger partial charge in [0, 0.05) is 7.11 Å². The van der Waals surface area contributed by atoms with E-state index in [1.54, 1.807) is 0 Å². The number of hydrogen-bond acceptors (Lipinski definition) is 3. The van der Waals surface area contributed by atoms with Crippen LogP contribution in [0.1, 0.15) is 13.8 Å². The molecule has 0 saturated heterocycles. The fourth-order valence-corrected chi connectivity index (χ4v) is 0.904. The summed E-state index contributed by atoms with van der Waals surface area (Å²) in [5.41, 5.74) is -1.32. The Balaban J connectivity index is 4.71. The first-order valence-corrected chi connectivity index (χ1v) is 3.79. The largest absolute Gasteiger partial charge is 0.481 e. The van der Waals surface area contributed by atoms with Crippen LogP contribution in [0.4, 0.5) is 0 Å². The maximum atomic E-state index is 10.7. The first-order chi connectivity index (χ1) is 5.84. The molecule has 76 valence electrons. The molecule has 0 aromatic heterocycles. The molecule has 0 spiro atoms. The molecular formula is C8H14O5. The molecule has 0 bridgehead atoms. The smallest absolute Gasteiger partial charge is 0.310 e. The van der Waals surface area contributed by atoms with Gasteiger partial charge >= 0.3 is 11.9 Å². The van der Waals surface area contributed by atoms with Crippen LogP contribution in [0.25, 0.3) is 0 Å². The number of carboxylic acids is 2. The second-order valence-electron chi connectivity index (χ2n) is 3.37. The van der Waals surface area contributed by atoms with E-state index < -0.39 is 23.3 Å². The molecule has 0 saturated carbocycles. The fourth-order valence-electron chi connectivity index (χ4n) is 0.904. The lowest BCUT2D eigenvalue weighted by atomic mass is 9.79. The minimum Gasteiger partial charge on any atom is -0.481 e. The van der Waals surface area contributed by atoms with Crippen molar-refractivity contribution in [2.45, 2.75) is 13.8 Å². The van der Waals surface area contributed by atoms with E-state index in [0.717, 1.165) is 0 Å². The van der Waals surface area contributed by atoms with Crippen LogP contribution < -0.4 is 0 Å². The van der Waals surface area contributed by atoms with Crippen molar-refractivity contribution in [3.8, 4) is 0 Å². The third kappa shape index (κ3) is 2.69. The molecule has 5 heteroatoms. The van der Waals surface area contributed by atoms with Crippen molar-refractivity contribution in [3.63, 3.8) is 0 Å². The van der Waals surface area contributed by atoms with Crippen molar-refractivity contribution in [1.29, 1.82) is 0 Å². The van der Waals surface area contributed by atoms with Crippen molar-refractivity contribution in [2.24, 2.45) is 11.3 Å². The molecule has 2 N–H and O–H groups in total. The SMILES string of the molecule is COCC(C(=O)O)C(C)(C)C(=O)O. The summed E-state index contributed by atoms with van der Waals surface area (Å²) in [6.45, 7) is 2.63. The minimum atomic E-state index is -1.32. The number of aliphatic carboxylic acids is 2. The van der Waals surface area contributed by atoms with Crippen molar-refractivity contribution in [2.75, 3.05) is 13.7 Å². The van der Waals surface area contributed by atoms with Gasteiger partial charge in [0.05, 0.1) is 17.9 Å². The number of carboxylic acid groups (broad SMARTS) is 2. The van der Waals surface area contributed by atoms with Crippen LogP contribution in [0, 0.1) is 11.3 Å². The predicted molar refractivity (Wildman–Crippen MR) is 44.4 cm³/mol. The summed E-state index contributed by atoms with van der Waals surface area (Å²) in [4.78, 5) is 21.4. The van der Waals surface area contributed by atoms with Crippen molar-refractivity contribution < 1.29 is 24.5 Å². The summed E-state index contributed by atoms with van der Waals surface area (Å²) in [6.07, 6.45) is 0. The van der Waals surface area contributed by atoms with Crippen LogP contribution in [0.2, 0.25) is 0 Å². The quantitative estimate of drug-likeness (QED) is 0.657. The Morgan fingerprint density at radius 3 is 2.08 bits per heavy atom. The number of hydrogen-bond donors (Lipinski definition) is 2. The Morgan fingerprint density at radius 2 is 1.85 bits per heavy atom. The molecule has 0 aliphatic carbocycles. The molecule has 0 aliphatic heterocycles. The van der Waals surface area contributed by atoms with E-state index in [9.17, 15) is 9.59 Å². The maximum absolute atomic E-state index is 10.7. The zero-order valence-electron chi connectivity index (χ0n) is 7.90. The van der Waals surface area contributed by atoms with Gasteiger partial charge in [0.1, 0.15) is 0 Å². The highest BCUT2D eigenvalue weighted by molar-refractivity contribution is 5.82. The Hall–Kier alpha value is -1.10. The van der Waals surface area contributed by atoms with Gasteiger partial charge in [-0.2, -0.15) is 0 Å². The molecule has 13 heavy (non-hydrogen) atoms. The molecule has 0 aromatic carbocycles. The van der Waals surface area contributed by atoms with Gasteiger partial charge in [0.25, 0.3) is 0 Å². The maximum Gasteiger partial charge on any atom is 0.310 e. The Kier molecular flexibility index (Phi) is 3.87. The number of ether oxygens (including phenoxy) is 1. The van der Waals surface area contributed by atoms with Crippen LogP contribution in [0.3, 0.4) is 0 Å². The van der Waals surface area contributed by atoms with Gasteiger partial charge in [-0.25, -0.2) is 0 Å². The highest BCUT2D eigenvalue weighted by atomic mass is 16.5. The molecule has 0 amide bonds. The second kappa shape index (κ2) is 4.23. The van der Waals surface area contributed by atoms with Gasteiger partial charge in [-0.15, -0.1) is 0 Å². The second-order valence-corrected chi connectivity index (χ2v) is 3.37. The topological polar surface area (TPSA) is 83.8 Å². The van der Waals surface area contributed by atoms with E-state index in [2.05, 4.69) is 4.74 Å². The molecule has 0 aromatic rings. The lowest BCUT2D eigenvalue weighted by Gasteiger charge is -2.26. The Morgan fingerprint density at radius 1 is 1.38 bits per heavy atom. The Labute approximate surface area is 76.3 Å². The zero-order valence-corrected chi connectivity index (χ0v) is 7.90. The normalized spacial score (nSPS) is 13.8. The van der Waals surface area contributed by atoms with Gasteiger partial charge in [-0.05, 0) is 13.8 Å². The molecule has 0 rings (SSSR count). The van der Waals surface area contributed by atoms with E-state index in [0.29, 0.717) is 0 Å². The molecule has 0 fully saturated rings. The zero-order chi connectivity index (χ0) is 10.6. The monoisotopic (exact) mass is 190 g/mol. The first-order valence-electron chi connectivity index (χ1n) is 3.79. The summed E-state index contributed by atoms with van der Waals surface area (Å²) in [7, 11) is 1.34. The van der Waals surface area contributed by atoms with E-state index in [1.165, 1.54) is 21.0 Å². The van der Waals surface area contributed by atoms with Crippen molar-refractivity contribution >= 4 is 11.9 Å². The van der Waals surface area contributed by atoms with Crippen LogP contribution >= 0.6 is 0 Å². The summed E-state index contributed by atoms with van der Waals surface area (Å²) in [6, 6.07) is 0. The molecule has 1 unspecified atom stereocenters. The van der Waals surface area contributed by atoms with E-state index in [4.69, 9.17) is 10.2 Å². The summed E-state index contributed by atoms with van der Waals surface area (Å²) < 4.78 is 4.66. The van der Waals surface area contributed by atoms with E-state index in [-0.39, 0.29) is 6.61 Å². The summed E-state index contributed by atoms with van der Waals surface area (Å²) in [5.74, 6) is -3.33. The van der Waals surface area contributed by atoms with Crippen LogP contribution in [-0.4, -0.2) is 35.9 Å². The van der Waals surface area contributed by atoms with Gasteiger partial charge < -0.3 is 14.9 Å². The summed E-state index contributed by atoms with van der Waals surface area (Å²) in [5, 5.41) is 17.5. The number of rotatable bonds is 5. The fraction of sp³-hybridized carbons (Fsp3) is 0.750. The predicted octanol–water partition coefficient (Wildman–Crippen LogP) is 0.444. The van der Waals surface area contributed by atoms with E-state index in [1.807, 2.05) is 0 Å². The minimum absolute atomic E-state index is 0.103. The van der Waals surface area contributed by atoms with Gasteiger partial charge in [0.2, 0.25) is 0 Å². The molecule has 1 atom stereocenters. The average molecular weight is 190 g/mol. The Bertz CT molecular complexity index is 209. The van der Waals surface area contributed by atoms with Gasteiger partial charge in [0.15, 0.2) is 0 Å². The van der Waals surface area contributed by atoms with Crippen molar-refractivity contribution in [3.05, 3.63) is 0 Å². The standard InChI is InChI=1S/C8H14O5/c1-8(2,7(11)12)5(4-13-3)6(9)10/h5H,4H2,1-3H3,(H,9,10)(H,11,12). The van der Waals surface area contributed by atoms with Crippen LogP contribution in [0.5, 0.6) is 0 Å². The third-order valence-corrected chi connectivity index (χ3v) is 2.05. The van der Waals surface area contributed by atoms with Crippen molar-refractivity contribution in [1.82, 2.24) is 0 Å². The number of methoxy groups -OCH3 is 1. The highest BCUT2D eigenvalue weighted by Crippen LogP contribution is 2.27. The van der Waals surface area contributed by atoms with Gasteiger partial charge in [-0.3, -0.25) is 9.59 Å². The molecule has 0 radical (unpaired) electrons. The summed E-state index contributed by atoms with van der Waals surface area (Å²) >= 11 is 0. The third-order valence-electron chi connectivity index (χ3n) is 2.05. The van der Waals surface area contributed by atoms with Crippen LogP contribution in [0.15, 0.2) is 0 Å². The highest BCUT2D eigenvalue weighted by Gasteiger charge is 2.41. The lowest BCUT2D eigenvalue weighted by Crippen LogP contribution is -2.40. The lowest BCUT2D eigenvalue weighted by molar-refractivity contribution is -0.162. The van der Waals surface area contributed by atoms with E-state index >= 15 is 0 Å². The molecule has 5 nitrogen and oxygen atoms in total. The van der Waals surface area contributed by atoms with Gasteiger partial charge in [-0.1, -0.05) is 0 Å². The molecule has 0 aliphatic rings. The van der Waals surface area contributed by atoms with Crippen LogP contribution in [-0.2, 0) is 14.3 Å². The first kappa shape index (κ1) is 11.9. The number of carbonyl (C=O) groups is 2. The average Bonchev–Trinajstić information content (AvgIpc) is 1.98. The molecular weight excluding hydrogens is 176 g/mol.